The SMILES string of the molecule is C#Cc1ccc(CC2CCC(C(C(=C)CCc3ccccc3)c3ccc(C4=CC(C)C=C4)cc3)CC2)cc1CCC(C)CC. The van der Waals surface area contributed by atoms with Gasteiger partial charge in [0.2, 0.25) is 0 Å². The zero-order valence-electron chi connectivity index (χ0n) is 27.4. The second-order valence-corrected chi connectivity index (χ2v) is 13.8. The van der Waals surface area contributed by atoms with Gasteiger partial charge in [0, 0.05) is 11.5 Å². The minimum Gasteiger partial charge on any atom is -0.115 e. The van der Waals surface area contributed by atoms with Crippen molar-refractivity contribution in [2.75, 3.05) is 0 Å². The smallest absolute Gasteiger partial charge is 0.0274 e. The van der Waals surface area contributed by atoms with Crippen molar-refractivity contribution < 1.29 is 0 Å². The van der Waals surface area contributed by atoms with E-state index in [4.69, 9.17) is 13.0 Å². The second kappa shape index (κ2) is 15.4. The number of hydrogen-bond donors (Lipinski definition) is 0. The quantitative estimate of drug-likeness (QED) is 0.139. The Bertz CT molecular complexity index is 1470. The minimum absolute atomic E-state index is 0.419. The fourth-order valence-corrected chi connectivity index (χ4v) is 7.46. The van der Waals surface area contributed by atoms with Gasteiger partial charge in [0.25, 0.3) is 0 Å². The molecule has 3 aromatic carbocycles. The summed E-state index contributed by atoms with van der Waals surface area (Å²) in [7, 11) is 0. The van der Waals surface area contributed by atoms with Crippen molar-refractivity contribution in [3.8, 4) is 12.3 Å². The van der Waals surface area contributed by atoms with Gasteiger partial charge in [0.05, 0.1) is 0 Å². The summed E-state index contributed by atoms with van der Waals surface area (Å²) in [6, 6.07) is 27.3. The van der Waals surface area contributed by atoms with Crippen LogP contribution in [-0.2, 0) is 19.3 Å². The molecule has 0 nitrogen and oxygen atoms in total. The third kappa shape index (κ3) is 8.33. The standard InChI is InChI=1S/C44H52/c1-6-32(3)13-20-43-31-37(19-22-38(43)7-2)30-36-17-23-40(24-18-36)44(34(5)15-16-35-11-9-8-10-12-35)41-27-25-39(26-28-41)42-21-14-33(4)29-42/h2,8-12,14,19,21-22,25-29,31-33,36,40,44H,5-6,13,15-18,20,23-24,30H2,1,3-4H3. The van der Waals surface area contributed by atoms with Gasteiger partial charge in [-0.15, -0.1) is 6.42 Å². The maximum atomic E-state index is 5.88. The highest BCUT2D eigenvalue weighted by molar-refractivity contribution is 5.76. The van der Waals surface area contributed by atoms with Crippen LogP contribution < -0.4 is 0 Å². The Kier molecular flexibility index (Phi) is 11.2. The molecule has 0 spiro atoms. The zero-order chi connectivity index (χ0) is 30.9. The first-order chi connectivity index (χ1) is 21.4. The van der Waals surface area contributed by atoms with Gasteiger partial charge in [-0.2, -0.15) is 0 Å². The molecule has 0 saturated heterocycles. The Morgan fingerprint density at radius 2 is 1.68 bits per heavy atom. The van der Waals surface area contributed by atoms with Gasteiger partial charge in [-0.25, -0.2) is 0 Å². The van der Waals surface area contributed by atoms with E-state index in [1.54, 1.807) is 0 Å². The van der Waals surface area contributed by atoms with E-state index < -0.39 is 0 Å². The molecule has 1 fully saturated rings. The summed E-state index contributed by atoms with van der Waals surface area (Å²) in [6.07, 6.45) is 24.7. The highest BCUT2D eigenvalue weighted by Crippen LogP contribution is 2.44. The topological polar surface area (TPSA) is 0 Å². The Morgan fingerprint density at radius 1 is 0.932 bits per heavy atom. The maximum absolute atomic E-state index is 5.88. The van der Waals surface area contributed by atoms with Crippen molar-refractivity contribution in [2.24, 2.45) is 23.7 Å². The van der Waals surface area contributed by atoms with Crippen molar-refractivity contribution in [1.29, 1.82) is 0 Å². The third-order valence-corrected chi connectivity index (χ3v) is 10.5. The fraction of sp³-hybridized carbons (Fsp3) is 0.409. The van der Waals surface area contributed by atoms with Crippen LogP contribution in [0.4, 0.5) is 0 Å². The molecule has 44 heavy (non-hydrogen) atoms. The Hall–Kier alpha value is -3.56. The summed E-state index contributed by atoms with van der Waals surface area (Å²) in [5.74, 6) is 6.02. The number of terminal acetylenes is 1. The Morgan fingerprint density at radius 3 is 2.34 bits per heavy atom. The lowest BCUT2D eigenvalue weighted by Gasteiger charge is -2.36. The molecule has 228 valence electrons. The molecule has 0 radical (unpaired) electrons. The average Bonchev–Trinajstić information content (AvgIpc) is 3.50. The molecule has 0 aliphatic heterocycles. The number of allylic oxidation sites excluding steroid dienone is 5. The van der Waals surface area contributed by atoms with E-state index in [2.05, 4.69) is 118 Å². The van der Waals surface area contributed by atoms with Crippen LogP contribution in [0.1, 0.15) is 105 Å². The molecular formula is C44H52. The lowest BCUT2D eigenvalue weighted by atomic mass is 9.69. The summed E-state index contributed by atoms with van der Waals surface area (Å²) in [5.41, 5.74) is 10.8. The van der Waals surface area contributed by atoms with Crippen LogP contribution in [0.5, 0.6) is 0 Å². The predicted molar refractivity (Wildman–Crippen MR) is 191 cm³/mol. The first-order valence-corrected chi connectivity index (χ1v) is 17.2. The van der Waals surface area contributed by atoms with Crippen molar-refractivity contribution >= 4 is 5.57 Å². The minimum atomic E-state index is 0.419. The van der Waals surface area contributed by atoms with E-state index in [0.717, 1.165) is 36.7 Å². The number of hydrogen-bond acceptors (Lipinski definition) is 0. The molecule has 1 saturated carbocycles. The van der Waals surface area contributed by atoms with Crippen molar-refractivity contribution in [2.45, 2.75) is 90.9 Å². The molecule has 2 aliphatic carbocycles. The van der Waals surface area contributed by atoms with E-state index in [1.807, 2.05) is 0 Å². The summed E-state index contributed by atoms with van der Waals surface area (Å²) in [6.45, 7) is 11.6. The number of aryl methyl sites for hydroxylation is 2. The van der Waals surface area contributed by atoms with Crippen LogP contribution >= 0.6 is 0 Å². The summed E-state index contributed by atoms with van der Waals surface area (Å²) < 4.78 is 0. The predicted octanol–water partition coefficient (Wildman–Crippen LogP) is 11.6. The Balaban J connectivity index is 1.27. The molecule has 3 unspecified atom stereocenters. The molecular weight excluding hydrogens is 528 g/mol. The molecule has 5 rings (SSSR count). The van der Waals surface area contributed by atoms with E-state index >= 15 is 0 Å². The van der Waals surface area contributed by atoms with Gasteiger partial charge in [0.1, 0.15) is 0 Å². The van der Waals surface area contributed by atoms with Gasteiger partial charge in [-0.05, 0) is 121 Å². The molecule has 0 heteroatoms. The first kappa shape index (κ1) is 31.9. The van der Waals surface area contributed by atoms with Gasteiger partial charge in [-0.1, -0.05) is 130 Å². The first-order valence-electron chi connectivity index (χ1n) is 17.2. The summed E-state index contributed by atoms with van der Waals surface area (Å²) in [5, 5.41) is 0. The van der Waals surface area contributed by atoms with Crippen LogP contribution in [0.2, 0.25) is 0 Å². The van der Waals surface area contributed by atoms with Crippen molar-refractivity contribution in [3.63, 3.8) is 0 Å². The number of rotatable bonds is 13. The van der Waals surface area contributed by atoms with Crippen LogP contribution in [0.25, 0.3) is 5.57 Å². The van der Waals surface area contributed by atoms with Crippen LogP contribution in [0, 0.1) is 36.0 Å². The molecule has 0 N–H and O–H groups in total. The highest BCUT2D eigenvalue weighted by Gasteiger charge is 2.30. The number of benzene rings is 3. The van der Waals surface area contributed by atoms with Gasteiger partial charge in [0.15, 0.2) is 0 Å². The van der Waals surface area contributed by atoms with E-state index in [-0.39, 0.29) is 0 Å². The molecule has 0 heterocycles. The molecule has 2 aliphatic rings. The van der Waals surface area contributed by atoms with Gasteiger partial charge < -0.3 is 0 Å². The van der Waals surface area contributed by atoms with E-state index in [9.17, 15) is 0 Å². The monoisotopic (exact) mass is 580 g/mol. The molecule has 0 aromatic heterocycles. The molecule has 0 bridgehead atoms. The molecule has 0 amide bonds. The van der Waals surface area contributed by atoms with Crippen LogP contribution in [0.3, 0.4) is 0 Å². The second-order valence-electron chi connectivity index (χ2n) is 13.8. The highest BCUT2D eigenvalue weighted by atomic mass is 14.3. The Labute approximate surface area is 268 Å². The fourth-order valence-electron chi connectivity index (χ4n) is 7.46. The van der Waals surface area contributed by atoms with E-state index in [1.165, 1.54) is 83.9 Å². The largest absolute Gasteiger partial charge is 0.115 e. The van der Waals surface area contributed by atoms with Crippen LogP contribution in [0.15, 0.2) is 103 Å². The summed E-state index contributed by atoms with van der Waals surface area (Å²) in [4.78, 5) is 0. The third-order valence-electron chi connectivity index (χ3n) is 10.5. The normalized spacial score (nSPS) is 21.0. The lowest BCUT2D eigenvalue weighted by Crippen LogP contribution is -2.23. The summed E-state index contributed by atoms with van der Waals surface area (Å²) >= 11 is 0. The zero-order valence-corrected chi connectivity index (χ0v) is 27.4. The maximum Gasteiger partial charge on any atom is 0.0274 e. The lowest BCUT2D eigenvalue weighted by molar-refractivity contribution is 0.252. The van der Waals surface area contributed by atoms with Crippen molar-refractivity contribution in [1.82, 2.24) is 0 Å². The van der Waals surface area contributed by atoms with Gasteiger partial charge >= 0.3 is 0 Å². The van der Waals surface area contributed by atoms with Crippen molar-refractivity contribution in [3.05, 3.63) is 137 Å². The average molecular weight is 581 g/mol. The van der Waals surface area contributed by atoms with E-state index in [0.29, 0.717) is 17.8 Å². The van der Waals surface area contributed by atoms with Crippen LogP contribution in [-0.4, -0.2) is 0 Å². The van der Waals surface area contributed by atoms with Gasteiger partial charge in [-0.3, -0.25) is 0 Å². The molecule has 3 atom stereocenters. The molecule has 3 aromatic rings.